The minimum Gasteiger partial charge on any atom is -0.317 e. The monoisotopic (exact) mass is 438 g/mol. The Hall–Kier alpha value is -3.39. The van der Waals surface area contributed by atoms with Crippen LogP contribution in [0.2, 0.25) is 0 Å². The second kappa shape index (κ2) is 7.63. The standard InChI is InChI=1S/C24H21F3N4O/c1-30-21-9-12-28-11-8-19(21)18-7-6-17(14-22(18)30)31-13-10-20(29-23(31)32)15-2-4-16(5-3-15)24(25,26)27/h2-6,10,13-14,28H,1,7-9,11-12H2. The lowest BCUT2D eigenvalue weighted by Gasteiger charge is -2.13. The van der Waals surface area contributed by atoms with Crippen LogP contribution in [0.25, 0.3) is 23.0 Å². The van der Waals surface area contributed by atoms with Crippen LogP contribution in [0.1, 0.15) is 22.4 Å². The van der Waals surface area contributed by atoms with Crippen molar-refractivity contribution in [2.24, 2.45) is 0 Å². The first-order chi connectivity index (χ1) is 15.3. The third-order valence-corrected chi connectivity index (χ3v) is 6.12. The fourth-order valence-electron chi connectivity index (χ4n) is 4.48. The lowest BCUT2D eigenvalue weighted by atomic mass is 10.00. The normalized spacial score (nSPS) is 15.9. The molecule has 1 N–H and O–H groups in total. The molecule has 3 aromatic rings. The first-order valence-electron chi connectivity index (χ1n) is 10.4. The van der Waals surface area contributed by atoms with Gasteiger partial charge in [-0.3, -0.25) is 8.81 Å². The summed E-state index contributed by atoms with van der Waals surface area (Å²) in [5.41, 5.74) is 4.10. The minimum absolute atomic E-state index is 0.330. The number of hydrogen-bond acceptors (Lipinski definition) is 3. The second-order valence-electron chi connectivity index (χ2n) is 7.98. The van der Waals surface area contributed by atoms with Gasteiger partial charge in [0.15, 0.2) is 0 Å². The Morgan fingerprint density at radius 3 is 2.66 bits per heavy atom. The molecule has 2 aliphatic rings. The Kier molecular flexibility index (Phi) is 4.89. The maximum atomic E-state index is 12.8. The Balaban J connectivity index is 1.49. The summed E-state index contributed by atoms with van der Waals surface area (Å²) in [6, 6.07) is 6.26. The van der Waals surface area contributed by atoms with Gasteiger partial charge in [0, 0.05) is 23.9 Å². The van der Waals surface area contributed by atoms with E-state index in [0.717, 1.165) is 43.4 Å². The lowest BCUT2D eigenvalue weighted by molar-refractivity contribution is -0.519. The van der Waals surface area contributed by atoms with Crippen molar-refractivity contribution in [3.05, 3.63) is 87.5 Å². The maximum Gasteiger partial charge on any atom is 0.416 e. The fraction of sp³-hybridized carbons (Fsp3) is 0.250. The summed E-state index contributed by atoms with van der Waals surface area (Å²) in [6.45, 7) is 6.08. The van der Waals surface area contributed by atoms with Crippen LogP contribution in [0.15, 0.2) is 47.4 Å². The van der Waals surface area contributed by atoms with E-state index in [1.54, 1.807) is 12.3 Å². The Morgan fingerprint density at radius 2 is 1.94 bits per heavy atom. The second-order valence-corrected chi connectivity index (χ2v) is 7.98. The van der Waals surface area contributed by atoms with Gasteiger partial charge in [0.05, 0.1) is 23.3 Å². The third kappa shape index (κ3) is 3.50. The van der Waals surface area contributed by atoms with Gasteiger partial charge in [0.2, 0.25) is 0 Å². The van der Waals surface area contributed by atoms with E-state index in [1.807, 2.05) is 16.4 Å². The fourth-order valence-corrected chi connectivity index (χ4v) is 4.48. The zero-order valence-electron chi connectivity index (χ0n) is 17.2. The highest BCUT2D eigenvalue weighted by Gasteiger charge is 2.30. The molecule has 1 aromatic carbocycles. The van der Waals surface area contributed by atoms with E-state index in [0.29, 0.717) is 23.4 Å². The molecule has 164 valence electrons. The van der Waals surface area contributed by atoms with Crippen LogP contribution < -0.4 is 20.6 Å². The van der Waals surface area contributed by atoms with Crippen molar-refractivity contribution in [2.75, 3.05) is 13.1 Å². The molecular weight excluding hydrogens is 417 g/mol. The summed E-state index contributed by atoms with van der Waals surface area (Å²) in [7, 11) is 0. The highest BCUT2D eigenvalue weighted by atomic mass is 19.4. The van der Waals surface area contributed by atoms with Gasteiger partial charge >= 0.3 is 11.9 Å². The number of nitrogens with zero attached hydrogens (tertiary/aromatic N) is 3. The smallest absolute Gasteiger partial charge is 0.317 e. The van der Waals surface area contributed by atoms with Gasteiger partial charge in [-0.2, -0.15) is 18.2 Å². The highest BCUT2D eigenvalue weighted by molar-refractivity contribution is 5.78. The molecule has 0 fully saturated rings. The van der Waals surface area contributed by atoms with E-state index < -0.39 is 17.4 Å². The van der Waals surface area contributed by atoms with Gasteiger partial charge in [-0.1, -0.05) is 29.3 Å². The zero-order valence-corrected chi connectivity index (χ0v) is 17.2. The molecule has 0 radical (unpaired) electrons. The van der Waals surface area contributed by atoms with Gasteiger partial charge in [-0.25, -0.2) is 4.79 Å². The van der Waals surface area contributed by atoms with Gasteiger partial charge in [0.1, 0.15) is 5.69 Å². The number of benzene rings is 1. The first kappa shape index (κ1) is 20.5. The summed E-state index contributed by atoms with van der Waals surface area (Å²) >= 11 is 0. The van der Waals surface area contributed by atoms with Crippen molar-refractivity contribution < 1.29 is 17.4 Å². The molecule has 0 bridgehead atoms. The molecule has 0 amide bonds. The van der Waals surface area contributed by atoms with Crippen LogP contribution in [-0.2, 0) is 25.4 Å². The van der Waals surface area contributed by atoms with Crippen molar-refractivity contribution in [2.45, 2.75) is 25.4 Å². The molecule has 0 atom stereocenters. The number of hydrogen-bond donors (Lipinski definition) is 1. The Bertz CT molecular complexity index is 1400. The van der Waals surface area contributed by atoms with E-state index in [1.165, 1.54) is 33.5 Å². The minimum atomic E-state index is -4.40. The largest absolute Gasteiger partial charge is 0.416 e. The van der Waals surface area contributed by atoms with Crippen LogP contribution in [0, 0.1) is 6.72 Å². The Labute approximate surface area is 181 Å². The van der Waals surface area contributed by atoms with Crippen LogP contribution >= 0.6 is 0 Å². The molecule has 0 unspecified atom stereocenters. The van der Waals surface area contributed by atoms with Gasteiger partial charge in [-0.05, 0) is 50.2 Å². The maximum absolute atomic E-state index is 12.8. The van der Waals surface area contributed by atoms with E-state index in [-0.39, 0.29) is 0 Å². The molecule has 32 heavy (non-hydrogen) atoms. The first-order valence-corrected chi connectivity index (χ1v) is 10.4. The summed E-state index contributed by atoms with van der Waals surface area (Å²) < 4.78 is 41.8. The van der Waals surface area contributed by atoms with Crippen LogP contribution in [0.3, 0.4) is 0 Å². The van der Waals surface area contributed by atoms with Crippen molar-refractivity contribution >= 4 is 11.8 Å². The molecule has 1 aliphatic heterocycles. The average Bonchev–Trinajstić information content (AvgIpc) is 2.93. The SMILES string of the molecule is C=[n+]1c2c(c3[c-]1CCNCC3)CC=C(n1ccc(-c3ccc(C(F)(F)F)cc3)nc1=O)C=2. The number of halogens is 3. The number of rotatable bonds is 2. The van der Waals surface area contributed by atoms with E-state index in [4.69, 9.17) is 0 Å². The molecule has 3 heterocycles. The van der Waals surface area contributed by atoms with Crippen LogP contribution in [0.5, 0.6) is 0 Å². The van der Waals surface area contributed by atoms with Gasteiger partial charge < -0.3 is 5.32 Å². The van der Waals surface area contributed by atoms with Crippen LogP contribution in [-0.4, -0.2) is 22.6 Å². The van der Waals surface area contributed by atoms with Gasteiger partial charge in [0.25, 0.3) is 0 Å². The predicted molar refractivity (Wildman–Crippen MR) is 114 cm³/mol. The molecule has 5 rings (SSSR count). The van der Waals surface area contributed by atoms with Crippen molar-refractivity contribution in [3.8, 4) is 11.3 Å². The predicted octanol–water partition coefficient (Wildman–Crippen LogP) is 2.14. The molecule has 0 saturated carbocycles. The van der Waals surface area contributed by atoms with Crippen molar-refractivity contribution in [1.82, 2.24) is 14.9 Å². The summed E-state index contributed by atoms with van der Waals surface area (Å²) in [5.74, 6) is 0. The molecule has 0 spiro atoms. The summed E-state index contributed by atoms with van der Waals surface area (Å²) in [4.78, 5) is 16.9. The molecule has 1 aliphatic carbocycles. The number of nitrogens with one attached hydrogen (secondary N) is 1. The van der Waals surface area contributed by atoms with E-state index in [9.17, 15) is 18.0 Å². The van der Waals surface area contributed by atoms with Gasteiger partial charge in [-0.15, -0.1) is 0 Å². The Morgan fingerprint density at radius 1 is 1.16 bits per heavy atom. The summed E-state index contributed by atoms with van der Waals surface area (Å²) in [5, 5.41) is 4.42. The lowest BCUT2D eigenvalue weighted by Crippen LogP contribution is -2.38. The average molecular weight is 438 g/mol. The van der Waals surface area contributed by atoms with Crippen LogP contribution in [0.4, 0.5) is 13.2 Å². The number of fused-ring (bicyclic) bond motifs is 3. The third-order valence-electron chi connectivity index (χ3n) is 6.12. The summed E-state index contributed by atoms with van der Waals surface area (Å²) in [6.07, 6.45) is 3.74. The molecule has 5 nitrogen and oxygen atoms in total. The quantitative estimate of drug-likeness (QED) is 0.493. The van der Waals surface area contributed by atoms with E-state index >= 15 is 0 Å². The van der Waals surface area contributed by atoms with E-state index in [2.05, 4.69) is 17.0 Å². The molecule has 0 saturated heterocycles. The topological polar surface area (TPSA) is 52.8 Å². The number of alkyl halides is 3. The van der Waals surface area contributed by atoms with Crippen molar-refractivity contribution in [3.63, 3.8) is 0 Å². The molecular formula is C24H21F3N4O. The molecule has 8 heteroatoms. The highest BCUT2D eigenvalue weighted by Crippen LogP contribution is 2.30. The van der Waals surface area contributed by atoms with Crippen molar-refractivity contribution in [1.29, 1.82) is 0 Å². The zero-order chi connectivity index (χ0) is 22.5. The molecule has 2 aromatic heterocycles. The number of allylic oxidation sites excluding steroid dienone is 2. The number of aromatic nitrogens is 3.